The Morgan fingerprint density at radius 3 is 0.909 bits per heavy atom. The molecular weight excluding hydrogens is 445 g/mol. The van der Waals surface area contributed by atoms with E-state index < -0.39 is 0 Å². The molecule has 0 unspecified atom stereocenters. The first kappa shape index (κ1) is 23.2. The lowest BCUT2D eigenvalue weighted by atomic mass is 10.1. The van der Waals surface area contributed by atoms with Crippen LogP contribution in [0.4, 0.5) is 0 Å². The molecule has 1 aliphatic heterocycles. The smallest absolute Gasteiger partial charge is 0.00454 e. The zero-order chi connectivity index (χ0) is 15.6. The topological polar surface area (TPSA) is 0 Å². The van der Waals surface area contributed by atoms with E-state index in [0.29, 0.717) is 0 Å². The summed E-state index contributed by atoms with van der Waals surface area (Å²) in [7, 11) is 17.5. The summed E-state index contributed by atoms with van der Waals surface area (Å²) < 4.78 is 0. The van der Waals surface area contributed by atoms with Gasteiger partial charge in [0.25, 0.3) is 0 Å². The third-order valence-electron chi connectivity index (χ3n) is 3.22. The Bertz CT molecular complexity index is 120. The molecule has 0 amide bonds. The van der Waals surface area contributed by atoms with Gasteiger partial charge in [-0.1, -0.05) is 79.4 Å². The predicted molar refractivity (Wildman–Crippen MR) is 129 cm³/mol. The lowest BCUT2D eigenvalue weighted by molar-refractivity contribution is 0.555. The van der Waals surface area contributed by atoms with Crippen molar-refractivity contribution in [2.75, 3.05) is 11.5 Å². The van der Waals surface area contributed by atoms with Crippen molar-refractivity contribution in [3.05, 3.63) is 0 Å². The minimum atomic E-state index is 1.32. The van der Waals surface area contributed by atoms with Crippen LogP contribution in [-0.4, -0.2) is 11.5 Å². The van der Waals surface area contributed by atoms with Gasteiger partial charge in [0, 0.05) is 11.5 Å². The van der Waals surface area contributed by atoms with Gasteiger partial charge in [0.2, 0.25) is 0 Å². The standard InChI is InChI=1S/C13H26S9/c1-2-4-6-8-10-12-14-16-18-20-22-21-19-17-15-13-11-9-7-5-3-1/h1-13H2. The van der Waals surface area contributed by atoms with Gasteiger partial charge in [0.05, 0.1) is 0 Å². The molecule has 0 aromatic carbocycles. The molecule has 22 heavy (non-hydrogen) atoms. The minimum absolute atomic E-state index is 1.32. The highest BCUT2D eigenvalue weighted by Gasteiger charge is 1.99. The van der Waals surface area contributed by atoms with Crippen molar-refractivity contribution in [1.82, 2.24) is 0 Å². The third kappa shape index (κ3) is 18.0. The Morgan fingerprint density at radius 2 is 0.545 bits per heavy atom. The van der Waals surface area contributed by atoms with E-state index in [0.717, 1.165) is 0 Å². The van der Waals surface area contributed by atoms with E-state index in [1.807, 2.05) is 90.4 Å². The fraction of sp³-hybridized carbons (Fsp3) is 1.00. The van der Waals surface area contributed by atoms with Gasteiger partial charge in [-0.25, -0.2) is 0 Å². The quantitative estimate of drug-likeness (QED) is 0.314. The van der Waals surface area contributed by atoms with Gasteiger partial charge in [-0.3, -0.25) is 0 Å². The third-order valence-corrected chi connectivity index (χ3v) is 21.0. The van der Waals surface area contributed by atoms with E-state index in [1.54, 1.807) is 0 Å². The molecule has 0 radical (unpaired) electrons. The van der Waals surface area contributed by atoms with Crippen LogP contribution in [0.5, 0.6) is 0 Å². The Labute approximate surface area is 170 Å². The fourth-order valence-corrected chi connectivity index (χ4v) is 22.1. The zero-order valence-electron chi connectivity index (χ0n) is 12.9. The van der Waals surface area contributed by atoms with Gasteiger partial charge in [-0.05, 0) is 81.6 Å². The second-order valence-electron chi connectivity index (χ2n) is 5.01. The molecule has 0 aliphatic carbocycles. The lowest BCUT2D eigenvalue weighted by Gasteiger charge is -2.04. The number of hydrogen-bond acceptors (Lipinski definition) is 9. The highest BCUT2D eigenvalue weighted by molar-refractivity contribution is 9.51. The van der Waals surface area contributed by atoms with Crippen LogP contribution in [0.2, 0.25) is 0 Å². The maximum atomic E-state index is 2.03. The molecule has 1 saturated heterocycles. The second-order valence-corrected chi connectivity index (χ2v) is 20.1. The average molecular weight is 471 g/mol. The van der Waals surface area contributed by atoms with Crippen LogP contribution < -0.4 is 0 Å². The van der Waals surface area contributed by atoms with Crippen LogP contribution in [0, 0.1) is 0 Å². The summed E-state index contributed by atoms with van der Waals surface area (Å²) in [5, 5.41) is 0. The Kier molecular flexibility index (Phi) is 21.6. The molecule has 0 bridgehead atoms. The van der Waals surface area contributed by atoms with E-state index in [9.17, 15) is 0 Å². The molecule has 0 spiro atoms. The molecule has 0 atom stereocenters. The largest absolute Gasteiger partial charge is 0.0817 e. The van der Waals surface area contributed by atoms with E-state index >= 15 is 0 Å². The molecule has 1 fully saturated rings. The maximum Gasteiger partial charge on any atom is 0.00454 e. The highest BCUT2D eigenvalue weighted by atomic mass is 34.0. The van der Waals surface area contributed by atoms with Crippen molar-refractivity contribution in [2.24, 2.45) is 0 Å². The minimum Gasteiger partial charge on any atom is -0.0817 e. The van der Waals surface area contributed by atoms with Gasteiger partial charge in [0.15, 0.2) is 0 Å². The molecule has 132 valence electrons. The lowest BCUT2D eigenvalue weighted by Crippen LogP contribution is -1.84. The summed E-state index contributed by atoms with van der Waals surface area (Å²) in [5.74, 6) is 2.63. The first-order valence-corrected chi connectivity index (χ1v) is 19.7. The first-order chi connectivity index (χ1) is 11.0. The van der Waals surface area contributed by atoms with Crippen molar-refractivity contribution in [1.29, 1.82) is 0 Å². The van der Waals surface area contributed by atoms with Gasteiger partial charge in [0.1, 0.15) is 0 Å². The molecule has 0 aromatic rings. The summed E-state index contributed by atoms with van der Waals surface area (Å²) in [6, 6.07) is 0. The normalized spacial score (nSPS) is 24.0. The van der Waals surface area contributed by atoms with Gasteiger partial charge < -0.3 is 0 Å². The van der Waals surface area contributed by atoms with Crippen molar-refractivity contribution < 1.29 is 0 Å². The Morgan fingerprint density at radius 1 is 0.273 bits per heavy atom. The van der Waals surface area contributed by atoms with Gasteiger partial charge in [-0.15, -0.1) is 0 Å². The molecule has 1 heterocycles. The van der Waals surface area contributed by atoms with Crippen LogP contribution in [0.15, 0.2) is 0 Å². The summed E-state index contributed by atoms with van der Waals surface area (Å²) in [4.78, 5) is 0. The highest BCUT2D eigenvalue weighted by Crippen LogP contribution is 2.58. The predicted octanol–water partition coefficient (Wildman–Crippen LogP) is 10.2. The second kappa shape index (κ2) is 20.5. The van der Waals surface area contributed by atoms with Gasteiger partial charge in [-0.2, -0.15) is 0 Å². The molecule has 0 saturated carbocycles. The molecule has 1 aliphatic rings. The molecular formula is C13H26S9. The Hall–Kier alpha value is 3.15. The van der Waals surface area contributed by atoms with Crippen molar-refractivity contribution in [3.8, 4) is 0 Å². The molecule has 0 aromatic heterocycles. The summed E-state index contributed by atoms with van der Waals surface area (Å²) in [5.41, 5.74) is 0. The van der Waals surface area contributed by atoms with Crippen molar-refractivity contribution in [2.45, 2.75) is 70.6 Å². The van der Waals surface area contributed by atoms with Crippen LogP contribution in [0.3, 0.4) is 0 Å². The van der Waals surface area contributed by atoms with Crippen LogP contribution in [0.1, 0.15) is 70.6 Å². The van der Waals surface area contributed by atoms with Crippen molar-refractivity contribution in [3.63, 3.8) is 0 Å². The maximum absolute atomic E-state index is 2.03. The monoisotopic (exact) mass is 470 g/mol. The van der Waals surface area contributed by atoms with Crippen molar-refractivity contribution >= 4 is 90.4 Å². The first-order valence-electron chi connectivity index (χ1n) is 7.91. The molecule has 1 rings (SSSR count). The SMILES string of the molecule is C1CCCCCCSSSSSSSSSCCCCCC1. The molecule has 0 N–H and O–H groups in total. The van der Waals surface area contributed by atoms with E-state index in [2.05, 4.69) is 0 Å². The van der Waals surface area contributed by atoms with Crippen LogP contribution in [0.25, 0.3) is 0 Å². The Balaban J connectivity index is 2.00. The average Bonchev–Trinajstić information content (AvgIpc) is 2.53. The van der Waals surface area contributed by atoms with E-state index in [-0.39, 0.29) is 0 Å². The number of rotatable bonds is 0. The molecule has 0 nitrogen and oxygen atoms in total. The summed E-state index contributed by atoms with van der Waals surface area (Å²) >= 11 is 0. The zero-order valence-corrected chi connectivity index (χ0v) is 20.2. The van der Waals surface area contributed by atoms with Crippen LogP contribution in [-0.2, 0) is 0 Å². The van der Waals surface area contributed by atoms with E-state index in [4.69, 9.17) is 0 Å². The van der Waals surface area contributed by atoms with Crippen LogP contribution >= 0.6 is 90.4 Å². The fourth-order valence-electron chi connectivity index (χ4n) is 2.08. The molecule has 9 heteroatoms. The number of hydrogen-bond donors (Lipinski definition) is 0. The summed E-state index contributed by atoms with van der Waals surface area (Å²) in [6.45, 7) is 0. The van der Waals surface area contributed by atoms with E-state index in [1.165, 1.54) is 82.1 Å². The van der Waals surface area contributed by atoms with Gasteiger partial charge >= 0.3 is 0 Å². The summed E-state index contributed by atoms with van der Waals surface area (Å²) in [6.07, 6.45) is 15.9.